The highest BCUT2D eigenvalue weighted by Crippen LogP contribution is 2.28. The Morgan fingerprint density at radius 1 is 1.37 bits per heavy atom. The van der Waals surface area contributed by atoms with E-state index in [1.165, 1.54) is 0 Å². The van der Waals surface area contributed by atoms with E-state index in [1.54, 1.807) is 0 Å². The van der Waals surface area contributed by atoms with Crippen LogP contribution < -0.4 is 0 Å². The van der Waals surface area contributed by atoms with Gasteiger partial charge in [0, 0.05) is 12.5 Å². The lowest BCUT2D eigenvalue weighted by Crippen LogP contribution is -2.63. The van der Waals surface area contributed by atoms with Gasteiger partial charge in [-0.2, -0.15) is 0 Å². The second kappa shape index (κ2) is 4.51. The van der Waals surface area contributed by atoms with E-state index < -0.39 is 29.0 Å². The molecule has 0 aromatic heterocycles. The molecule has 0 saturated carbocycles. The maximum Gasteiger partial charge on any atom is 0.407 e. The van der Waals surface area contributed by atoms with Crippen LogP contribution in [0, 0.1) is 5.82 Å². The third-order valence-electron chi connectivity index (χ3n) is 2.99. The van der Waals surface area contributed by atoms with Gasteiger partial charge in [-0.05, 0) is 12.1 Å². The number of amides is 1. The first-order valence-electron chi connectivity index (χ1n) is 5.53. The summed E-state index contributed by atoms with van der Waals surface area (Å²) >= 11 is 0. The Hall–Kier alpha value is -2.15. The van der Waals surface area contributed by atoms with E-state index in [0.717, 1.165) is 23.1 Å². The van der Waals surface area contributed by atoms with Crippen molar-refractivity contribution in [2.45, 2.75) is 12.0 Å². The molecule has 7 heteroatoms. The van der Waals surface area contributed by atoms with Gasteiger partial charge in [0.1, 0.15) is 17.2 Å². The Morgan fingerprint density at radius 3 is 2.53 bits per heavy atom. The number of phenols is 1. The highest BCUT2D eigenvalue weighted by molar-refractivity contribution is 5.99. The number of carboxylic acid groups (broad SMARTS) is 1. The normalized spacial score (nSPS) is 16.8. The van der Waals surface area contributed by atoms with Gasteiger partial charge in [-0.1, -0.05) is 0 Å². The molecule has 19 heavy (non-hydrogen) atoms. The van der Waals surface area contributed by atoms with E-state index in [4.69, 9.17) is 5.11 Å². The number of benzene rings is 1. The number of ketones is 1. The summed E-state index contributed by atoms with van der Waals surface area (Å²) < 4.78 is 12.8. The van der Waals surface area contributed by atoms with Crippen LogP contribution in [-0.2, 0) is 0 Å². The lowest BCUT2D eigenvalue weighted by molar-refractivity contribution is -0.0826. The zero-order chi connectivity index (χ0) is 14.2. The van der Waals surface area contributed by atoms with Crippen LogP contribution in [0.15, 0.2) is 18.2 Å². The maximum absolute atomic E-state index is 12.8. The van der Waals surface area contributed by atoms with Crippen molar-refractivity contribution in [1.82, 2.24) is 4.90 Å². The Bertz CT molecular complexity index is 539. The summed E-state index contributed by atoms with van der Waals surface area (Å²) in [4.78, 5) is 23.4. The molecule has 0 radical (unpaired) electrons. The quantitative estimate of drug-likeness (QED) is 0.706. The van der Waals surface area contributed by atoms with Gasteiger partial charge in [-0.15, -0.1) is 0 Å². The van der Waals surface area contributed by atoms with Gasteiger partial charge >= 0.3 is 6.09 Å². The number of phenolic OH excluding ortho intramolecular Hbond substituents is 1. The summed E-state index contributed by atoms with van der Waals surface area (Å²) in [5, 5.41) is 28.0. The summed E-state index contributed by atoms with van der Waals surface area (Å²) in [6.45, 7) is -0.313. The maximum atomic E-state index is 12.8. The zero-order valence-corrected chi connectivity index (χ0v) is 9.84. The van der Waals surface area contributed by atoms with Gasteiger partial charge in [-0.25, -0.2) is 9.18 Å². The average molecular weight is 269 g/mol. The molecule has 1 aliphatic rings. The van der Waals surface area contributed by atoms with Crippen molar-refractivity contribution < 1.29 is 29.3 Å². The van der Waals surface area contributed by atoms with Crippen molar-refractivity contribution in [1.29, 1.82) is 0 Å². The smallest absolute Gasteiger partial charge is 0.407 e. The predicted molar refractivity (Wildman–Crippen MR) is 61.6 cm³/mol. The topological polar surface area (TPSA) is 98.1 Å². The van der Waals surface area contributed by atoms with E-state index in [9.17, 15) is 24.2 Å². The number of likely N-dealkylation sites (tertiary alicyclic amines) is 1. The standard InChI is InChI=1S/C12H12FNO5/c13-7-1-2-8(9(15)3-7)10(16)4-12(19)5-14(6-12)11(17)18/h1-3,15,19H,4-6H2,(H,17,18). The highest BCUT2D eigenvalue weighted by atomic mass is 19.1. The van der Waals surface area contributed by atoms with Gasteiger partial charge < -0.3 is 20.2 Å². The predicted octanol–water partition coefficient (Wildman–Crippen LogP) is 0.829. The molecular weight excluding hydrogens is 257 g/mol. The molecule has 0 bridgehead atoms. The van der Waals surface area contributed by atoms with E-state index in [-0.39, 0.29) is 25.1 Å². The number of β-amino-alcohol motifs (C(OH)–C–C–N with tert-alkyl or cyclic N) is 1. The lowest BCUT2D eigenvalue weighted by atomic mass is 9.87. The molecule has 1 aliphatic heterocycles. The summed E-state index contributed by atoms with van der Waals surface area (Å²) in [6.07, 6.45) is -1.49. The Kier molecular flexibility index (Phi) is 3.15. The van der Waals surface area contributed by atoms with Crippen LogP contribution in [0.5, 0.6) is 5.75 Å². The van der Waals surface area contributed by atoms with Gasteiger partial charge in [-0.3, -0.25) is 4.79 Å². The summed E-state index contributed by atoms with van der Waals surface area (Å²) in [5.41, 5.74) is -1.51. The molecule has 6 nitrogen and oxygen atoms in total. The molecule has 3 N–H and O–H groups in total. The number of halogens is 1. The molecule has 2 rings (SSSR count). The molecule has 1 aromatic rings. The molecule has 0 spiro atoms. The molecule has 102 valence electrons. The first-order chi connectivity index (χ1) is 8.81. The first-order valence-corrected chi connectivity index (χ1v) is 5.53. The molecule has 1 heterocycles. The summed E-state index contributed by atoms with van der Waals surface area (Å²) in [6, 6.07) is 2.97. The summed E-state index contributed by atoms with van der Waals surface area (Å²) in [5.74, 6) is -1.73. The van der Waals surface area contributed by atoms with Crippen LogP contribution in [0.2, 0.25) is 0 Å². The second-order valence-electron chi connectivity index (χ2n) is 4.62. The van der Waals surface area contributed by atoms with Crippen LogP contribution in [0.1, 0.15) is 16.8 Å². The fraction of sp³-hybridized carbons (Fsp3) is 0.333. The average Bonchev–Trinajstić information content (AvgIpc) is 2.24. The molecule has 1 aromatic carbocycles. The largest absolute Gasteiger partial charge is 0.507 e. The molecule has 1 fully saturated rings. The van der Waals surface area contributed by atoms with Gasteiger partial charge in [0.2, 0.25) is 0 Å². The molecule has 0 aliphatic carbocycles. The number of nitrogens with zero attached hydrogens (tertiary/aromatic N) is 1. The Labute approximate surface area is 107 Å². The fourth-order valence-electron chi connectivity index (χ4n) is 2.05. The molecule has 1 amide bonds. The van der Waals surface area contributed by atoms with Crippen molar-refractivity contribution in [3.8, 4) is 5.75 Å². The minimum absolute atomic E-state index is 0.0939. The van der Waals surface area contributed by atoms with Crippen molar-refractivity contribution >= 4 is 11.9 Å². The number of hydrogen-bond donors (Lipinski definition) is 3. The number of hydrogen-bond acceptors (Lipinski definition) is 4. The SMILES string of the molecule is O=C(CC1(O)CN(C(=O)O)C1)c1ccc(F)cc1O. The first kappa shape index (κ1) is 13.3. The van der Waals surface area contributed by atoms with Crippen molar-refractivity contribution in [3.05, 3.63) is 29.6 Å². The number of Topliss-reactive ketones (excluding diaryl/α,β-unsaturated/α-hetero) is 1. The number of rotatable bonds is 3. The summed E-state index contributed by atoms with van der Waals surface area (Å²) in [7, 11) is 0. The van der Waals surface area contributed by atoms with Crippen LogP contribution in [0.4, 0.5) is 9.18 Å². The van der Waals surface area contributed by atoms with Crippen LogP contribution in [-0.4, -0.2) is 50.8 Å². The van der Waals surface area contributed by atoms with E-state index in [0.29, 0.717) is 0 Å². The Balaban J connectivity index is 2.04. The zero-order valence-electron chi connectivity index (χ0n) is 9.84. The van der Waals surface area contributed by atoms with Crippen molar-refractivity contribution in [2.75, 3.05) is 13.1 Å². The monoisotopic (exact) mass is 269 g/mol. The third kappa shape index (κ3) is 2.65. The van der Waals surface area contributed by atoms with Crippen LogP contribution in [0.25, 0.3) is 0 Å². The van der Waals surface area contributed by atoms with Gasteiger partial charge in [0.25, 0.3) is 0 Å². The fourth-order valence-corrected chi connectivity index (χ4v) is 2.05. The van der Waals surface area contributed by atoms with E-state index >= 15 is 0 Å². The Morgan fingerprint density at radius 2 is 2.00 bits per heavy atom. The minimum atomic E-state index is -1.42. The molecule has 0 unspecified atom stereocenters. The number of carbonyl (C=O) groups is 2. The highest BCUT2D eigenvalue weighted by Gasteiger charge is 2.45. The van der Waals surface area contributed by atoms with Crippen molar-refractivity contribution in [2.24, 2.45) is 0 Å². The van der Waals surface area contributed by atoms with Gasteiger partial charge in [0.05, 0.1) is 18.7 Å². The van der Waals surface area contributed by atoms with Crippen LogP contribution in [0.3, 0.4) is 0 Å². The van der Waals surface area contributed by atoms with Crippen molar-refractivity contribution in [3.63, 3.8) is 0 Å². The third-order valence-corrected chi connectivity index (χ3v) is 2.99. The van der Waals surface area contributed by atoms with E-state index in [2.05, 4.69) is 0 Å². The number of carbonyl (C=O) groups excluding carboxylic acids is 1. The number of aliphatic hydroxyl groups is 1. The molecular formula is C12H12FNO5. The second-order valence-corrected chi connectivity index (χ2v) is 4.62. The minimum Gasteiger partial charge on any atom is -0.507 e. The molecule has 0 atom stereocenters. The van der Waals surface area contributed by atoms with Crippen LogP contribution >= 0.6 is 0 Å². The van der Waals surface area contributed by atoms with E-state index in [1.807, 2.05) is 0 Å². The number of aromatic hydroxyl groups is 1. The molecule has 1 saturated heterocycles. The lowest BCUT2D eigenvalue weighted by Gasteiger charge is -2.44. The van der Waals surface area contributed by atoms with Gasteiger partial charge in [0.15, 0.2) is 5.78 Å².